The Kier molecular flexibility index (Phi) is 13.9. The van der Waals surface area contributed by atoms with E-state index < -0.39 is 22.8 Å². The fraction of sp³-hybridized carbons (Fsp3) is 0.682. The van der Waals surface area contributed by atoms with Crippen molar-refractivity contribution in [1.82, 2.24) is 5.32 Å². The van der Waals surface area contributed by atoms with Crippen LogP contribution in [0.5, 0.6) is 11.5 Å². The van der Waals surface area contributed by atoms with Gasteiger partial charge in [-0.3, -0.25) is 9.00 Å². The number of ether oxygens (including phenoxy) is 2. The standard InChI is InChI=1S/C18H28O3S.C4H9NO2S/c1-3-4-5-6-7-8-11-22(19)15(2)12-16-9-10-17-18(13-16)21-14-20-17;1-5-3(2-8)4(6)7/h9-10,13,15H,3-8,11-12,14H2,1-2H3;3,5,8H,2H2,1H3,(H,6,7)/t;3-/m.0/s1. The molecule has 2 rings (SSSR count). The molecular weight excluding hydrogens is 422 g/mol. The fourth-order valence-electron chi connectivity index (χ4n) is 3.01. The highest BCUT2D eigenvalue weighted by Gasteiger charge is 2.16. The molecule has 1 aromatic rings. The third-order valence-electron chi connectivity index (χ3n) is 4.94. The third-order valence-corrected chi connectivity index (χ3v) is 7.06. The van der Waals surface area contributed by atoms with E-state index in [2.05, 4.69) is 31.8 Å². The van der Waals surface area contributed by atoms with Gasteiger partial charge in [-0.25, -0.2) is 0 Å². The molecule has 0 amide bonds. The molecule has 172 valence electrons. The van der Waals surface area contributed by atoms with Crippen molar-refractivity contribution in [1.29, 1.82) is 0 Å². The predicted molar refractivity (Wildman–Crippen MR) is 126 cm³/mol. The molecule has 6 nitrogen and oxygen atoms in total. The zero-order valence-corrected chi connectivity index (χ0v) is 20.1. The molecule has 30 heavy (non-hydrogen) atoms. The number of benzene rings is 1. The number of thiol groups is 1. The molecule has 0 aromatic heterocycles. The summed E-state index contributed by atoms with van der Waals surface area (Å²) in [6, 6.07) is 5.49. The van der Waals surface area contributed by atoms with Gasteiger partial charge in [0.1, 0.15) is 6.04 Å². The van der Waals surface area contributed by atoms with Crippen molar-refractivity contribution >= 4 is 29.4 Å². The Bertz CT molecular complexity index is 652. The number of fused-ring (bicyclic) bond motifs is 1. The highest BCUT2D eigenvalue weighted by Crippen LogP contribution is 2.33. The lowest BCUT2D eigenvalue weighted by Gasteiger charge is -2.12. The average Bonchev–Trinajstić information content (AvgIpc) is 3.19. The van der Waals surface area contributed by atoms with Gasteiger partial charge >= 0.3 is 5.97 Å². The molecule has 3 atom stereocenters. The van der Waals surface area contributed by atoms with Crippen molar-refractivity contribution in [2.24, 2.45) is 0 Å². The van der Waals surface area contributed by atoms with Crippen LogP contribution in [0, 0.1) is 0 Å². The van der Waals surface area contributed by atoms with E-state index in [1.807, 2.05) is 18.2 Å². The van der Waals surface area contributed by atoms with Gasteiger partial charge in [0.2, 0.25) is 6.79 Å². The van der Waals surface area contributed by atoms with Crippen LogP contribution in [-0.4, -0.2) is 51.9 Å². The molecule has 0 fully saturated rings. The van der Waals surface area contributed by atoms with Crippen LogP contribution in [0.4, 0.5) is 0 Å². The molecular formula is C22H37NO5S2. The van der Waals surface area contributed by atoms with Crippen molar-refractivity contribution < 1.29 is 23.6 Å². The second-order valence-electron chi connectivity index (χ2n) is 7.42. The van der Waals surface area contributed by atoms with Gasteiger partial charge in [0, 0.05) is 27.6 Å². The van der Waals surface area contributed by atoms with Crippen molar-refractivity contribution in [2.75, 3.05) is 25.3 Å². The van der Waals surface area contributed by atoms with Crippen LogP contribution in [0.25, 0.3) is 0 Å². The van der Waals surface area contributed by atoms with E-state index in [0.29, 0.717) is 12.5 Å². The van der Waals surface area contributed by atoms with E-state index in [9.17, 15) is 9.00 Å². The second-order valence-corrected chi connectivity index (χ2v) is 9.76. The summed E-state index contributed by atoms with van der Waals surface area (Å²) in [5.41, 5.74) is 1.17. The highest BCUT2D eigenvalue weighted by atomic mass is 32.2. The Morgan fingerprint density at radius 1 is 1.20 bits per heavy atom. The Hall–Kier alpha value is -1.25. The molecule has 0 aliphatic carbocycles. The summed E-state index contributed by atoms with van der Waals surface area (Å²) in [6.07, 6.45) is 8.32. The summed E-state index contributed by atoms with van der Waals surface area (Å²) in [5.74, 6) is 1.92. The molecule has 0 saturated carbocycles. The van der Waals surface area contributed by atoms with Gasteiger partial charge in [0.15, 0.2) is 11.5 Å². The summed E-state index contributed by atoms with van der Waals surface area (Å²) < 4.78 is 23.0. The third kappa shape index (κ3) is 10.2. The Morgan fingerprint density at radius 3 is 2.47 bits per heavy atom. The number of hydrogen-bond acceptors (Lipinski definition) is 6. The number of hydrogen-bond donors (Lipinski definition) is 3. The summed E-state index contributed by atoms with van der Waals surface area (Å²) in [6.45, 7) is 4.61. The molecule has 0 bridgehead atoms. The van der Waals surface area contributed by atoms with Crippen LogP contribution in [0.3, 0.4) is 0 Å². The lowest BCUT2D eigenvalue weighted by molar-refractivity contribution is -0.138. The minimum Gasteiger partial charge on any atom is -0.480 e. The summed E-state index contributed by atoms with van der Waals surface area (Å²) in [5, 5.41) is 11.0. The normalized spacial score (nSPS) is 15.1. The largest absolute Gasteiger partial charge is 0.480 e. The monoisotopic (exact) mass is 459 g/mol. The quantitative estimate of drug-likeness (QED) is 0.305. The Balaban J connectivity index is 0.000000479. The molecule has 2 unspecified atom stereocenters. The van der Waals surface area contributed by atoms with Crippen LogP contribution in [0.2, 0.25) is 0 Å². The van der Waals surface area contributed by atoms with Gasteiger partial charge in [-0.1, -0.05) is 52.0 Å². The molecule has 8 heteroatoms. The number of nitrogens with one attached hydrogen (secondary N) is 1. The van der Waals surface area contributed by atoms with Gasteiger partial charge in [-0.05, 0) is 37.6 Å². The average molecular weight is 460 g/mol. The van der Waals surface area contributed by atoms with E-state index in [4.69, 9.17) is 14.6 Å². The minimum atomic E-state index is -0.859. The molecule has 0 spiro atoms. The number of aliphatic carboxylic acids is 1. The predicted octanol–water partition coefficient (Wildman–Crippen LogP) is 4.04. The first-order valence-corrected chi connectivity index (χ1v) is 12.7. The van der Waals surface area contributed by atoms with Gasteiger partial charge < -0.3 is 19.9 Å². The summed E-state index contributed by atoms with van der Waals surface area (Å²) in [4.78, 5) is 10.1. The van der Waals surface area contributed by atoms with Crippen molar-refractivity contribution in [2.45, 2.75) is 70.1 Å². The lowest BCUT2D eigenvalue weighted by Crippen LogP contribution is -2.35. The minimum absolute atomic E-state index is 0.191. The summed E-state index contributed by atoms with van der Waals surface area (Å²) >= 11 is 3.79. The molecule has 0 radical (unpaired) electrons. The molecule has 1 aliphatic rings. The maximum absolute atomic E-state index is 12.3. The molecule has 1 heterocycles. The number of likely N-dealkylation sites (N-methyl/N-ethyl adjacent to an activating group) is 1. The SMILES string of the molecule is CCCCCCCCS(=O)C(C)Cc1ccc2c(c1)OCO2.CN[C@@H](CS)C(=O)O. The van der Waals surface area contributed by atoms with Gasteiger partial charge in [-0.2, -0.15) is 12.6 Å². The number of unbranched alkanes of at least 4 members (excludes halogenated alkanes) is 5. The number of carboxylic acids is 1. The van der Waals surface area contributed by atoms with Crippen molar-refractivity contribution in [3.8, 4) is 11.5 Å². The maximum atomic E-state index is 12.3. The maximum Gasteiger partial charge on any atom is 0.321 e. The first kappa shape index (κ1) is 26.8. The van der Waals surface area contributed by atoms with Gasteiger partial charge in [0.05, 0.1) is 0 Å². The Labute approximate surface area is 189 Å². The van der Waals surface area contributed by atoms with E-state index in [0.717, 1.165) is 30.1 Å². The van der Waals surface area contributed by atoms with Gasteiger partial charge in [0.25, 0.3) is 0 Å². The van der Waals surface area contributed by atoms with Crippen molar-refractivity contribution in [3.05, 3.63) is 23.8 Å². The van der Waals surface area contributed by atoms with E-state index in [-0.39, 0.29) is 5.25 Å². The lowest BCUT2D eigenvalue weighted by atomic mass is 10.1. The first-order valence-electron chi connectivity index (χ1n) is 10.7. The van der Waals surface area contributed by atoms with Crippen LogP contribution < -0.4 is 14.8 Å². The second kappa shape index (κ2) is 15.5. The van der Waals surface area contributed by atoms with E-state index in [1.165, 1.54) is 37.7 Å². The van der Waals surface area contributed by atoms with E-state index >= 15 is 0 Å². The number of carbonyl (C=O) groups is 1. The first-order chi connectivity index (χ1) is 14.4. The van der Waals surface area contributed by atoms with E-state index in [1.54, 1.807) is 7.05 Å². The summed E-state index contributed by atoms with van der Waals surface area (Å²) in [7, 11) is 0.849. The molecule has 1 aromatic carbocycles. The fourth-order valence-corrected chi connectivity index (χ4v) is 4.62. The smallest absolute Gasteiger partial charge is 0.321 e. The molecule has 2 N–H and O–H groups in total. The zero-order valence-electron chi connectivity index (χ0n) is 18.4. The van der Waals surface area contributed by atoms with Crippen LogP contribution in [-0.2, 0) is 22.0 Å². The Morgan fingerprint density at radius 2 is 1.87 bits per heavy atom. The van der Waals surface area contributed by atoms with Crippen LogP contribution in [0.1, 0.15) is 57.9 Å². The number of carboxylic acid groups (broad SMARTS) is 1. The zero-order chi connectivity index (χ0) is 22.4. The highest BCUT2D eigenvalue weighted by molar-refractivity contribution is 7.85. The van der Waals surface area contributed by atoms with Crippen LogP contribution in [0.15, 0.2) is 18.2 Å². The van der Waals surface area contributed by atoms with Crippen molar-refractivity contribution in [3.63, 3.8) is 0 Å². The molecule has 0 saturated heterocycles. The van der Waals surface area contributed by atoms with Crippen LogP contribution >= 0.6 is 12.6 Å². The topological polar surface area (TPSA) is 84.9 Å². The molecule has 1 aliphatic heterocycles. The number of rotatable bonds is 13. The van der Waals surface area contributed by atoms with Gasteiger partial charge in [-0.15, -0.1) is 0 Å².